The van der Waals surface area contributed by atoms with Crippen LogP contribution in [0, 0.1) is 13.8 Å². The number of hydrogen-bond acceptors (Lipinski definition) is 3. The second-order valence-electron chi connectivity index (χ2n) is 6.45. The first kappa shape index (κ1) is 16.3. The van der Waals surface area contributed by atoms with Gasteiger partial charge in [0.15, 0.2) is 0 Å². The van der Waals surface area contributed by atoms with Crippen LogP contribution in [0.5, 0.6) is 5.75 Å². The van der Waals surface area contributed by atoms with Crippen LogP contribution in [0.3, 0.4) is 0 Å². The molecule has 0 radical (unpaired) electrons. The van der Waals surface area contributed by atoms with Crippen molar-refractivity contribution in [1.82, 2.24) is 5.32 Å². The number of aliphatic hydroxyl groups is 1. The third-order valence-corrected chi connectivity index (χ3v) is 4.63. The second kappa shape index (κ2) is 7.28. The molecule has 1 aliphatic rings. The molecule has 0 heterocycles. The minimum atomic E-state index is -0.154. The molecule has 2 N–H and O–H groups in total. The molecular weight excluding hydrogens is 262 g/mol. The number of aliphatic hydroxyl groups excluding tert-OH is 1. The van der Waals surface area contributed by atoms with Gasteiger partial charge in [-0.1, -0.05) is 13.0 Å². The van der Waals surface area contributed by atoms with Gasteiger partial charge in [0.25, 0.3) is 0 Å². The van der Waals surface area contributed by atoms with Gasteiger partial charge in [-0.2, -0.15) is 0 Å². The predicted molar refractivity (Wildman–Crippen MR) is 86.9 cm³/mol. The van der Waals surface area contributed by atoms with E-state index in [1.165, 1.54) is 11.1 Å². The highest BCUT2D eigenvalue weighted by Crippen LogP contribution is 2.31. The molecule has 2 atom stereocenters. The summed E-state index contributed by atoms with van der Waals surface area (Å²) in [5.74, 6) is 0.951. The Balaban J connectivity index is 2.01. The molecule has 1 fully saturated rings. The van der Waals surface area contributed by atoms with Gasteiger partial charge in [0.1, 0.15) is 11.9 Å². The standard InChI is InChI=1S/C18H29NO2/c1-4-10-19-18(13-20)9-5-6-17(12-18)21-16-8-7-14(2)15(3)11-16/h7-8,11,17,19-20H,4-6,9-10,12-13H2,1-3H3. The van der Waals surface area contributed by atoms with Gasteiger partial charge in [0.05, 0.1) is 6.61 Å². The number of benzene rings is 1. The van der Waals surface area contributed by atoms with E-state index < -0.39 is 0 Å². The van der Waals surface area contributed by atoms with Gasteiger partial charge >= 0.3 is 0 Å². The maximum atomic E-state index is 9.81. The summed E-state index contributed by atoms with van der Waals surface area (Å²) in [5.41, 5.74) is 2.40. The van der Waals surface area contributed by atoms with Crippen LogP contribution < -0.4 is 10.1 Å². The van der Waals surface area contributed by atoms with Crippen LogP contribution in [-0.2, 0) is 0 Å². The van der Waals surface area contributed by atoms with Crippen molar-refractivity contribution in [2.75, 3.05) is 13.2 Å². The summed E-state index contributed by atoms with van der Waals surface area (Å²) in [6.45, 7) is 7.54. The van der Waals surface area contributed by atoms with Crippen LogP contribution in [0.1, 0.15) is 50.2 Å². The van der Waals surface area contributed by atoms with E-state index in [0.717, 1.165) is 44.4 Å². The van der Waals surface area contributed by atoms with Gasteiger partial charge in [0.2, 0.25) is 0 Å². The largest absolute Gasteiger partial charge is 0.490 e. The SMILES string of the molecule is CCCNC1(CO)CCCC(Oc2ccc(C)c(C)c2)C1. The summed E-state index contributed by atoms with van der Waals surface area (Å²) < 4.78 is 6.18. The molecule has 1 aromatic carbocycles. The highest BCUT2D eigenvalue weighted by molar-refractivity contribution is 5.34. The maximum Gasteiger partial charge on any atom is 0.120 e. The summed E-state index contributed by atoms with van der Waals surface area (Å²) in [7, 11) is 0. The monoisotopic (exact) mass is 291 g/mol. The van der Waals surface area contributed by atoms with Crippen LogP contribution in [-0.4, -0.2) is 29.9 Å². The van der Waals surface area contributed by atoms with Crippen molar-refractivity contribution in [2.24, 2.45) is 0 Å². The van der Waals surface area contributed by atoms with Crippen molar-refractivity contribution in [1.29, 1.82) is 0 Å². The second-order valence-corrected chi connectivity index (χ2v) is 6.45. The molecule has 118 valence electrons. The molecule has 1 aliphatic carbocycles. The molecule has 0 bridgehead atoms. The average Bonchev–Trinajstić information content (AvgIpc) is 2.49. The van der Waals surface area contributed by atoms with Crippen molar-refractivity contribution < 1.29 is 9.84 Å². The molecule has 3 heteroatoms. The Kier molecular flexibility index (Phi) is 5.65. The third kappa shape index (κ3) is 4.21. The summed E-state index contributed by atoms with van der Waals surface area (Å²) in [4.78, 5) is 0. The molecule has 0 aromatic heterocycles. The molecule has 0 saturated heterocycles. The van der Waals surface area contributed by atoms with Crippen molar-refractivity contribution in [3.05, 3.63) is 29.3 Å². The first-order valence-electron chi connectivity index (χ1n) is 8.18. The van der Waals surface area contributed by atoms with E-state index in [4.69, 9.17) is 4.74 Å². The lowest BCUT2D eigenvalue weighted by atomic mass is 9.80. The lowest BCUT2D eigenvalue weighted by Gasteiger charge is -2.40. The Morgan fingerprint density at radius 1 is 1.33 bits per heavy atom. The Bertz CT molecular complexity index is 461. The van der Waals surface area contributed by atoms with Crippen LogP contribution in [0.25, 0.3) is 0 Å². The summed E-state index contributed by atoms with van der Waals surface area (Å²) in [6.07, 6.45) is 5.38. The highest BCUT2D eigenvalue weighted by Gasteiger charge is 2.36. The fraction of sp³-hybridized carbons (Fsp3) is 0.667. The van der Waals surface area contributed by atoms with E-state index in [0.29, 0.717) is 0 Å². The zero-order valence-electron chi connectivity index (χ0n) is 13.6. The van der Waals surface area contributed by atoms with Gasteiger partial charge in [-0.15, -0.1) is 0 Å². The first-order chi connectivity index (χ1) is 10.1. The highest BCUT2D eigenvalue weighted by atomic mass is 16.5. The number of aryl methyl sites for hydroxylation is 2. The topological polar surface area (TPSA) is 41.5 Å². The number of nitrogens with one attached hydrogen (secondary N) is 1. The van der Waals surface area contributed by atoms with Gasteiger partial charge in [0, 0.05) is 12.0 Å². The van der Waals surface area contributed by atoms with Crippen molar-refractivity contribution in [2.45, 2.75) is 64.5 Å². The average molecular weight is 291 g/mol. The van der Waals surface area contributed by atoms with Gasteiger partial charge < -0.3 is 15.2 Å². The van der Waals surface area contributed by atoms with E-state index in [-0.39, 0.29) is 18.2 Å². The van der Waals surface area contributed by atoms with E-state index in [2.05, 4.69) is 44.3 Å². The molecule has 0 amide bonds. The molecule has 21 heavy (non-hydrogen) atoms. The zero-order chi connectivity index (χ0) is 15.3. The fourth-order valence-corrected chi connectivity index (χ4v) is 3.14. The minimum absolute atomic E-state index is 0.154. The van der Waals surface area contributed by atoms with E-state index in [1.807, 2.05) is 0 Å². The maximum absolute atomic E-state index is 9.81. The van der Waals surface area contributed by atoms with Crippen LogP contribution >= 0.6 is 0 Å². The Morgan fingerprint density at radius 3 is 2.81 bits per heavy atom. The van der Waals surface area contributed by atoms with E-state index >= 15 is 0 Å². The molecule has 1 aromatic rings. The van der Waals surface area contributed by atoms with E-state index in [1.54, 1.807) is 0 Å². The minimum Gasteiger partial charge on any atom is -0.490 e. The van der Waals surface area contributed by atoms with Crippen LogP contribution in [0.4, 0.5) is 0 Å². The summed E-state index contributed by atoms with van der Waals surface area (Å²) >= 11 is 0. The number of rotatable bonds is 6. The van der Waals surface area contributed by atoms with Crippen molar-refractivity contribution >= 4 is 0 Å². The molecule has 0 spiro atoms. The van der Waals surface area contributed by atoms with Crippen molar-refractivity contribution in [3.8, 4) is 5.75 Å². The predicted octanol–water partition coefficient (Wildman–Crippen LogP) is 3.36. The van der Waals surface area contributed by atoms with Crippen molar-refractivity contribution in [3.63, 3.8) is 0 Å². The van der Waals surface area contributed by atoms with Gasteiger partial charge in [-0.05, 0) is 69.3 Å². The first-order valence-corrected chi connectivity index (χ1v) is 8.18. The fourth-order valence-electron chi connectivity index (χ4n) is 3.14. The molecule has 1 saturated carbocycles. The third-order valence-electron chi connectivity index (χ3n) is 4.63. The lowest BCUT2D eigenvalue weighted by molar-refractivity contribution is 0.0511. The molecule has 0 aliphatic heterocycles. The Hall–Kier alpha value is -1.06. The molecular formula is C18H29NO2. The summed E-state index contributed by atoms with van der Waals surface area (Å²) in [5, 5.41) is 13.4. The Morgan fingerprint density at radius 2 is 2.14 bits per heavy atom. The van der Waals surface area contributed by atoms with Gasteiger partial charge in [-0.25, -0.2) is 0 Å². The quantitative estimate of drug-likeness (QED) is 0.844. The molecule has 2 rings (SSSR count). The molecule has 2 unspecified atom stereocenters. The number of hydrogen-bond donors (Lipinski definition) is 2. The summed E-state index contributed by atoms with van der Waals surface area (Å²) in [6, 6.07) is 6.28. The lowest BCUT2D eigenvalue weighted by Crippen LogP contribution is -2.53. The smallest absolute Gasteiger partial charge is 0.120 e. The van der Waals surface area contributed by atoms with Crippen LogP contribution in [0.2, 0.25) is 0 Å². The Labute approximate surface area is 128 Å². The number of ether oxygens (including phenoxy) is 1. The normalized spacial score (nSPS) is 25.8. The zero-order valence-corrected chi connectivity index (χ0v) is 13.6. The molecule has 3 nitrogen and oxygen atoms in total. The van der Waals surface area contributed by atoms with Gasteiger partial charge in [-0.3, -0.25) is 0 Å². The van der Waals surface area contributed by atoms with E-state index in [9.17, 15) is 5.11 Å². The van der Waals surface area contributed by atoms with Crippen LogP contribution in [0.15, 0.2) is 18.2 Å².